The van der Waals surface area contributed by atoms with Crippen LogP contribution in [0.1, 0.15) is 19.3 Å². The number of aliphatic hydroxyl groups is 1. The summed E-state index contributed by atoms with van der Waals surface area (Å²) in [5, 5.41) is 9.30. The van der Waals surface area contributed by atoms with Crippen molar-refractivity contribution < 1.29 is 13.5 Å². The molecule has 7 heteroatoms. The number of halogens is 1. The minimum absolute atomic E-state index is 0.0385. The van der Waals surface area contributed by atoms with Gasteiger partial charge in [-0.1, -0.05) is 15.9 Å². The van der Waals surface area contributed by atoms with E-state index >= 15 is 0 Å². The molecule has 0 bridgehead atoms. The zero-order chi connectivity index (χ0) is 13.4. The maximum atomic E-state index is 12.2. The van der Waals surface area contributed by atoms with Gasteiger partial charge < -0.3 is 10.8 Å². The fraction of sp³-hybridized carbons (Fsp3) is 0.455. The number of benzene rings is 1. The molecule has 0 unspecified atom stereocenters. The molecule has 2 rings (SSSR count). The molecule has 0 radical (unpaired) electrons. The molecule has 18 heavy (non-hydrogen) atoms. The van der Waals surface area contributed by atoms with Crippen LogP contribution in [0.25, 0.3) is 0 Å². The van der Waals surface area contributed by atoms with Crippen molar-refractivity contribution in [3.05, 3.63) is 22.7 Å². The molecule has 4 N–H and O–H groups in total. The van der Waals surface area contributed by atoms with Crippen molar-refractivity contribution in [1.82, 2.24) is 4.72 Å². The molecule has 5 nitrogen and oxygen atoms in total. The Kier molecular flexibility index (Phi) is 3.68. The second-order valence-corrected chi connectivity index (χ2v) is 7.15. The minimum Gasteiger partial charge on any atom is -0.398 e. The van der Waals surface area contributed by atoms with Crippen molar-refractivity contribution >= 4 is 31.6 Å². The van der Waals surface area contributed by atoms with Gasteiger partial charge in [-0.3, -0.25) is 0 Å². The lowest BCUT2D eigenvalue weighted by Gasteiger charge is -2.40. The molecule has 1 aromatic rings. The highest BCUT2D eigenvalue weighted by Crippen LogP contribution is 2.34. The first-order valence-corrected chi connectivity index (χ1v) is 7.86. The molecule has 0 aromatic heterocycles. The smallest absolute Gasteiger partial charge is 0.243 e. The highest BCUT2D eigenvalue weighted by molar-refractivity contribution is 9.10. The number of hydrogen-bond donors (Lipinski definition) is 3. The Bertz CT molecular complexity index is 550. The van der Waals surface area contributed by atoms with E-state index in [9.17, 15) is 13.5 Å². The maximum Gasteiger partial charge on any atom is 0.243 e. The third-order valence-electron chi connectivity index (χ3n) is 3.23. The molecule has 0 spiro atoms. The molecule has 1 aliphatic carbocycles. The zero-order valence-electron chi connectivity index (χ0n) is 9.69. The number of aliphatic hydroxyl groups excluding tert-OH is 1. The Hall–Kier alpha value is -0.630. The van der Waals surface area contributed by atoms with Gasteiger partial charge in [-0.2, -0.15) is 0 Å². The molecule has 1 aromatic carbocycles. The predicted molar refractivity (Wildman–Crippen MR) is 72.5 cm³/mol. The van der Waals surface area contributed by atoms with Crippen LogP contribution in [0.3, 0.4) is 0 Å². The largest absolute Gasteiger partial charge is 0.398 e. The molecular weight excluding hydrogens is 320 g/mol. The van der Waals surface area contributed by atoms with Crippen LogP contribution in [-0.2, 0) is 10.0 Å². The highest BCUT2D eigenvalue weighted by atomic mass is 79.9. The Morgan fingerprint density at radius 1 is 1.44 bits per heavy atom. The van der Waals surface area contributed by atoms with Crippen LogP contribution >= 0.6 is 15.9 Å². The van der Waals surface area contributed by atoms with Crippen LogP contribution < -0.4 is 10.5 Å². The molecule has 1 aliphatic rings. The third-order valence-corrected chi connectivity index (χ3v) is 5.36. The minimum atomic E-state index is -3.71. The monoisotopic (exact) mass is 334 g/mol. The second-order valence-electron chi connectivity index (χ2n) is 4.58. The van der Waals surface area contributed by atoms with Crippen molar-refractivity contribution in [2.45, 2.75) is 29.7 Å². The second kappa shape index (κ2) is 4.80. The average Bonchev–Trinajstić information content (AvgIpc) is 2.27. The number of sulfonamides is 1. The van der Waals surface area contributed by atoms with Gasteiger partial charge >= 0.3 is 0 Å². The van der Waals surface area contributed by atoms with E-state index in [2.05, 4.69) is 20.7 Å². The molecular formula is C11H15BrN2O3S. The number of hydrogen-bond acceptors (Lipinski definition) is 4. The lowest BCUT2D eigenvalue weighted by atomic mass is 9.78. The summed E-state index contributed by atoms with van der Waals surface area (Å²) in [6.07, 6.45) is 2.21. The lowest BCUT2D eigenvalue weighted by Crippen LogP contribution is -2.56. The number of nitrogens with two attached hydrogens (primary N) is 1. The Morgan fingerprint density at radius 3 is 2.61 bits per heavy atom. The van der Waals surface area contributed by atoms with Crippen LogP contribution in [0.15, 0.2) is 27.6 Å². The van der Waals surface area contributed by atoms with Crippen LogP contribution in [0.2, 0.25) is 0 Å². The lowest BCUT2D eigenvalue weighted by molar-refractivity contribution is 0.110. The summed E-state index contributed by atoms with van der Waals surface area (Å²) in [4.78, 5) is 0.0385. The van der Waals surface area contributed by atoms with E-state index in [-0.39, 0.29) is 17.2 Å². The molecule has 0 amide bonds. The molecule has 1 fully saturated rings. The first-order valence-electron chi connectivity index (χ1n) is 5.58. The van der Waals surface area contributed by atoms with Gasteiger partial charge in [0, 0.05) is 4.47 Å². The van der Waals surface area contributed by atoms with Gasteiger partial charge in [0.25, 0.3) is 0 Å². The summed E-state index contributed by atoms with van der Waals surface area (Å²) in [7, 11) is -3.71. The SMILES string of the molecule is Nc1ccc(Br)cc1S(=O)(=O)NC1(CO)CCC1. The number of nitrogens with one attached hydrogen (secondary N) is 1. The maximum absolute atomic E-state index is 12.2. The van der Waals surface area contributed by atoms with Gasteiger partial charge in [0.05, 0.1) is 17.8 Å². The molecule has 0 atom stereocenters. The Labute approximate surface area is 115 Å². The van der Waals surface area contributed by atoms with Gasteiger partial charge in [0.2, 0.25) is 10.0 Å². The van der Waals surface area contributed by atoms with Crippen LogP contribution in [0.4, 0.5) is 5.69 Å². The van der Waals surface area contributed by atoms with E-state index in [1.165, 1.54) is 12.1 Å². The summed E-state index contributed by atoms with van der Waals surface area (Å²) in [6.45, 7) is -0.194. The van der Waals surface area contributed by atoms with Gasteiger partial charge in [-0.25, -0.2) is 13.1 Å². The van der Waals surface area contributed by atoms with E-state index < -0.39 is 15.6 Å². The summed E-state index contributed by atoms with van der Waals surface area (Å²) >= 11 is 3.22. The van der Waals surface area contributed by atoms with Crippen LogP contribution in [0, 0.1) is 0 Å². The van der Waals surface area contributed by atoms with Crippen molar-refractivity contribution in [3.8, 4) is 0 Å². The molecule has 0 saturated heterocycles. The van der Waals surface area contributed by atoms with E-state index in [0.29, 0.717) is 17.3 Å². The highest BCUT2D eigenvalue weighted by Gasteiger charge is 2.40. The predicted octanol–water partition coefficient (Wildman–Crippen LogP) is 1.22. The average molecular weight is 335 g/mol. The van der Waals surface area contributed by atoms with E-state index in [4.69, 9.17) is 5.73 Å². The number of nitrogen functional groups attached to an aromatic ring is 1. The van der Waals surface area contributed by atoms with Crippen molar-refractivity contribution in [3.63, 3.8) is 0 Å². The van der Waals surface area contributed by atoms with Crippen LogP contribution in [0.5, 0.6) is 0 Å². The fourth-order valence-corrected chi connectivity index (χ4v) is 4.10. The normalized spacial score (nSPS) is 18.3. The van der Waals surface area contributed by atoms with E-state index in [0.717, 1.165) is 6.42 Å². The Balaban J connectivity index is 2.33. The summed E-state index contributed by atoms with van der Waals surface area (Å²) in [5.74, 6) is 0. The number of anilines is 1. The number of rotatable bonds is 4. The van der Waals surface area contributed by atoms with Gasteiger partial charge in [-0.15, -0.1) is 0 Å². The van der Waals surface area contributed by atoms with Crippen molar-refractivity contribution in [2.75, 3.05) is 12.3 Å². The van der Waals surface area contributed by atoms with Crippen LogP contribution in [-0.4, -0.2) is 25.7 Å². The summed E-state index contributed by atoms with van der Waals surface area (Å²) < 4.78 is 27.7. The van der Waals surface area contributed by atoms with E-state index in [1.54, 1.807) is 6.07 Å². The molecule has 0 aliphatic heterocycles. The standard InChI is InChI=1S/C11H15BrN2O3S/c12-8-2-3-9(13)10(6-8)18(16,17)14-11(7-15)4-1-5-11/h2-3,6,14-15H,1,4-5,7,13H2. The Morgan fingerprint density at radius 2 is 2.11 bits per heavy atom. The fourth-order valence-electron chi connectivity index (χ4n) is 1.98. The third kappa shape index (κ3) is 2.54. The molecule has 1 saturated carbocycles. The van der Waals surface area contributed by atoms with Crippen molar-refractivity contribution in [2.24, 2.45) is 0 Å². The van der Waals surface area contributed by atoms with E-state index in [1.807, 2.05) is 0 Å². The van der Waals surface area contributed by atoms with Gasteiger partial charge in [0.15, 0.2) is 0 Å². The van der Waals surface area contributed by atoms with Gasteiger partial charge in [0.1, 0.15) is 4.90 Å². The topological polar surface area (TPSA) is 92.4 Å². The first-order chi connectivity index (χ1) is 8.38. The zero-order valence-corrected chi connectivity index (χ0v) is 12.1. The first kappa shape index (κ1) is 13.8. The molecule has 100 valence electrons. The van der Waals surface area contributed by atoms with Gasteiger partial charge in [-0.05, 0) is 37.5 Å². The summed E-state index contributed by atoms with van der Waals surface area (Å²) in [5.41, 5.74) is 5.17. The molecule has 0 heterocycles. The van der Waals surface area contributed by atoms with Crippen molar-refractivity contribution in [1.29, 1.82) is 0 Å². The quantitative estimate of drug-likeness (QED) is 0.722. The summed E-state index contributed by atoms with van der Waals surface area (Å²) in [6, 6.07) is 4.67.